The smallest absolute Gasteiger partial charge is 0.147 e. The number of nitrogens with zero attached hydrogens (tertiary/aromatic N) is 3. The second kappa shape index (κ2) is 5.40. The van der Waals surface area contributed by atoms with Gasteiger partial charge in [-0.25, -0.2) is 9.97 Å². The standard InChI is InChI=1S/C12H18N4S/c1-2-9-4-3-5-16(8-9)11-7-14-10(6-15-11)12(13)17/h6-7,9H,2-5,8H2,1H3,(H2,13,17). The second-order valence-electron chi connectivity index (χ2n) is 4.49. The summed E-state index contributed by atoms with van der Waals surface area (Å²) < 4.78 is 0. The minimum atomic E-state index is 0.300. The third-order valence-corrected chi connectivity index (χ3v) is 3.52. The highest BCUT2D eigenvalue weighted by molar-refractivity contribution is 7.80. The van der Waals surface area contributed by atoms with Crippen LogP contribution in [0.2, 0.25) is 0 Å². The van der Waals surface area contributed by atoms with Gasteiger partial charge >= 0.3 is 0 Å². The lowest BCUT2D eigenvalue weighted by Crippen LogP contribution is -2.35. The molecule has 0 saturated carbocycles. The van der Waals surface area contributed by atoms with Crippen molar-refractivity contribution in [2.45, 2.75) is 26.2 Å². The van der Waals surface area contributed by atoms with Gasteiger partial charge in [-0.1, -0.05) is 25.6 Å². The van der Waals surface area contributed by atoms with Crippen molar-refractivity contribution in [2.24, 2.45) is 11.7 Å². The Morgan fingerprint density at radius 3 is 2.94 bits per heavy atom. The average molecular weight is 250 g/mol. The fourth-order valence-electron chi connectivity index (χ4n) is 2.22. The number of hydrogen-bond donors (Lipinski definition) is 1. The second-order valence-corrected chi connectivity index (χ2v) is 4.93. The molecule has 1 aliphatic heterocycles. The molecule has 0 aliphatic carbocycles. The summed E-state index contributed by atoms with van der Waals surface area (Å²) in [6.45, 7) is 4.39. The molecule has 2 heterocycles. The number of nitrogens with two attached hydrogens (primary N) is 1. The Hall–Kier alpha value is -1.23. The van der Waals surface area contributed by atoms with E-state index in [2.05, 4.69) is 21.8 Å². The van der Waals surface area contributed by atoms with E-state index in [0.717, 1.165) is 24.8 Å². The molecule has 1 atom stereocenters. The summed E-state index contributed by atoms with van der Waals surface area (Å²) in [6.07, 6.45) is 7.22. The molecule has 1 aliphatic rings. The largest absolute Gasteiger partial charge is 0.388 e. The van der Waals surface area contributed by atoms with Crippen LogP contribution in [0.3, 0.4) is 0 Å². The zero-order valence-corrected chi connectivity index (χ0v) is 10.9. The molecule has 0 radical (unpaired) electrons. The third kappa shape index (κ3) is 2.91. The number of piperidine rings is 1. The Kier molecular flexibility index (Phi) is 3.89. The maximum Gasteiger partial charge on any atom is 0.147 e. The van der Waals surface area contributed by atoms with Gasteiger partial charge in [-0.2, -0.15) is 0 Å². The SMILES string of the molecule is CCC1CCCN(c2cnc(C(N)=S)cn2)C1. The number of anilines is 1. The molecule has 1 saturated heterocycles. The van der Waals surface area contributed by atoms with E-state index in [0.29, 0.717) is 10.7 Å². The van der Waals surface area contributed by atoms with Crippen LogP contribution < -0.4 is 10.6 Å². The summed E-state index contributed by atoms with van der Waals surface area (Å²) in [6, 6.07) is 0. The van der Waals surface area contributed by atoms with E-state index in [1.807, 2.05) is 0 Å². The molecule has 1 aromatic rings. The predicted octanol–water partition coefficient (Wildman–Crippen LogP) is 1.74. The Bertz CT molecular complexity index is 390. The number of aromatic nitrogens is 2. The van der Waals surface area contributed by atoms with E-state index in [1.54, 1.807) is 12.4 Å². The highest BCUT2D eigenvalue weighted by Gasteiger charge is 2.19. The van der Waals surface area contributed by atoms with Crippen LogP contribution in [0.5, 0.6) is 0 Å². The lowest BCUT2D eigenvalue weighted by Gasteiger charge is -2.32. The molecule has 0 bridgehead atoms. The van der Waals surface area contributed by atoms with Crippen LogP contribution in [0.1, 0.15) is 31.9 Å². The summed E-state index contributed by atoms with van der Waals surface area (Å²) in [7, 11) is 0. The van der Waals surface area contributed by atoms with Gasteiger partial charge in [-0.3, -0.25) is 0 Å². The topological polar surface area (TPSA) is 55.0 Å². The molecule has 0 amide bonds. The van der Waals surface area contributed by atoms with Crippen LogP contribution in [0, 0.1) is 5.92 Å². The minimum absolute atomic E-state index is 0.300. The summed E-state index contributed by atoms with van der Waals surface area (Å²) in [5, 5.41) is 0. The lowest BCUT2D eigenvalue weighted by molar-refractivity contribution is 0.403. The van der Waals surface area contributed by atoms with Crippen LogP contribution >= 0.6 is 12.2 Å². The summed E-state index contributed by atoms with van der Waals surface area (Å²) in [4.78, 5) is 11.2. The lowest BCUT2D eigenvalue weighted by atomic mass is 9.96. The molecule has 2 N–H and O–H groups in total. The van der Waals surface area contributed by atoms with Crippen LogP contribution in [0.15, 0.2) is 12.4 Å². The highest BCUT2D eigenvalue weighted by atomic mass is 32.1. The Labute approximate surface area is 107 Å². The van der Waals surface area contributed by atoms with E-state index in [9.17, 15) is 0 Å². The van der Waals surface area contributed by atoms with Gasteiger partial charge in [0, 0.05) is 13.1 Å². The Morgan fingerprint density at radius 2 is 2.35 bits per heavy atom. The van der Waals surface area contributed by atoms with Crippen molar-refractivity contribution in [2.75, 3.05) is 18.0 Å². The van der Waals surface area contributed by atoms with E-state index in [4.69, 9.17) is 18.0 Å². The summed E-state index contributed by atoms with van der Waals surface area (Å²) in [5.41, 5.74) is 6.09. The summed E-state index contributed by atoms with van der Waals surface area (Å²) >= 11 is 4.86. The molecule has 1 aromatic heterocycles. The zero-order valence-electron chi connectivity index (χ0n) is 10.1. The van der Waals surface area contributed by atoms with E-state index < -0.39 is 0 Å². The van der Waals surface area contributed by atoms with Gasteiger partial charge in [0.05, 0.1) is 12.4 Å². The van der Waals surface area contributed by atoms with Crippen molar-refractivity contribution >= 4 is 23.0 Å². The van der Waals surface area contributed by atoms with Gasteiger partial charge in [0.15, 0.2) is 0 Å². The van der Waals surface area contributed by atoms with Crippen molar-refractivity contribution in [1.82, 2.24) is 9.97 Å². The third-order valence-electron chi connectivity index (χ3n) is 3.31. The molecule has 92 valence electrons. The summed E-state index contributed by atoms with van der Waals surface area (Å²) in [5.74, 6) is 1.71. The van der Waals surface area contributed by atoms with Crippen molar-refractivity contribution in [3.63, 3.8) is 0 Å². The molecule has 0 spiro atoms. The number of thiocarbonyl (C=S) groups is 1. The normalized spacial score (nSPS) is 20.3. The number of rotatable bonds is 3. The fraction of sp³-hybridized carbons (Fsp3) is 0.583. The quantitative estimate of drug-likeness (QED) is 0.828. The van der Waals surface area contributed by atoms with Crippen LogP contribution in [-0.4, -0.2) is 28.0 Å². The monoisotopic (exact) mass is 250 g/mol. The molecular weight excluding hydrogens is 232 g/mol. The maximum absolute atomic E-state index is 5.50. The van der Waals surface area contributed by atoms with Crippen molar-refractivity contribution in [3.8, 4) is 0 Å². The molecular formula is C12H18N4S. The average Bonchev–Trinajstić information content (AvgIpc) is 2.39. The number of hydrogen-bond acceptors (Lipinski definition) is 4. The van der Waals surface area contributed by atoms with E-state index in [-0.39, 0.29) is 0 Å². The minimum Gasteiger partial charge on any atom is -0.388 e. The van der Waals surface area contributed by atoms with Gasteiger partial charge in [0.2, 0.25) is 0 Å². The maximum atomic E-state index is 5.50. The molecule has 1 unspecified atom stereocenters. The Morgan fingerprint density at radius 1 is 1.53 bits per heavy atom. The zero-order chi connectivity index (χ0) is 12.3. The van der Waals surface area contributed by atoms with Gasteiger partial charge in [0.25, 0.3) is 0 Å². The van der Waals surface area contributed by atoms with E-state index >= 15 is 0 Å². The molecule has 2 rings (SSSR count). The first-order chi connectivity index (χ1) is 8.20. The Balaban J connectivity index is 2.08. The predicted molar refractivity (Wildman–Crippen MR) is 73.1 cm³/mol. The van der Waals surface area contributed by atoms with Crippen molar-refractivity contribution < 1.29 is 0 Å². The first-order valence-corrected chi connectivity index (χ1v) is 6.48. The van der Waals surface area contributed by atoms with Gasteiger partial charge in [-0.05, 0) is 18.8 Å². The fourth-order valence-corrected chi connectivity index (χ4v) is 2.32. The van der Waals surface area contributed by atoms with E-state index in [1.165, 1.54) is 19.3 Å². The van der Waals surface area contributed by atoms with Crippen LogP contribution in [0.25, 0.3) is 0 Å². The molecule has 5 heteroatoms. The first-order valence-electron chi connectivity index (χ1n) is 6.07. The highest BCUT2D eigenvalue weighted by Crippen LogP contribution is 2.22. The molecule has 17 heavy (non-hydrogen) atoms. The van der Waals surface area contributed by atoms with Crippen LogP contribution in [0.4, 0.5) is 5.82 Å². The van der Waals surface area contributed by atoms with Gasteiger partial charge < -0.3 is 10.6 Å². The van der Waals surface area contributed by atoms with Crippen LogP contribution in [-0.2, 0) is 0 Å². The molecule has 4 nitrogen and oxygen atoms in total. The van der Waals surface area contributed by atoms with Gasteiger partial charge in [0.1, 0.15) is 16.5 Å². The van der Waals surface area contributed by atoms with Gasteiger partial charge in [-0.15, -0.1) is 0 Å². The van der Waals surface area contributed by atoms with Crippen molar-refractivity contribution in [1.29, 1.82) is 0 Å². The van der Waals surface area contributed by atoms with Crippen molar-refractivity contribution in [3.05, 3.63) is 18.1 Å². The first kappa shape index (κ1) is 12.2. The molecule has 1 fully saturated rings. The molecule has 0 aromatic carbocycles.